The second kappa shape index (κ2) is 5.45. The van der Waals surface area contributed by atoms with Crippen molar-refractivity contribution in [1.82, 2.24) is 0 Å². The van der Waals surface area contributed by atoms with Crippen LogP contribution in [0.15, 0.2) is 12.1 Å². The first-order valence-electron chi connectivity index (χ1n) is 5.04. The minimum absolute atomic E-state index is 0.0665. The Hall–Kier alpha value is -1.47. The van der Waals surface area contributed by atoms with Gasteiger partial charge >= 0.3 is 6.18 Å². The Kier molecular flexibility index (Phi) is 4.42. The van der Waals surface area contributed by atoms with Crippen LogP contribution in [0.3, 0.4) is 0 Å². The third-order valence-electron chi connectivity index (χ3n) is 2.44. The minimum atomic E-state index is -4.51. The molecule has 7 heteroatoms. The fraction of sp³-hybridized carbons (Fsp3) is 0.455. The van der Waals surface area contributed by atoms with E-state index in [1.54, 1.807) is 0 Å². The van der Waals surface area contributed by atoms with Gasteiger partial charge in [0.1, 0.15) is 11.5 Å². The van der Waals surface area contributed by atoms with Crippen LogP contribution < -0.4 is 15.2 Å². The standard InChI is InChI=1S/C11H14F3NO3/c1-17-8-3-6(11(12,13)14)4-9(18-2)10(8)7(15)5-16/h3-4,7,16H,5,15H2,1-2H3. The largest absolute Gasteiger partial charge is 0.496 e. The van der Waals surface area contributed by atoms with E-state index in [1.807, 2.05) is 0 Å². The fourth-order valence-corrected chi connectivity index (χ4v) is 1.56. The van der Waals surface area contributed by atoms with E-state index in [2.05, 4.69) is 0 Å². The molecule has 0 spiro atoms. The first-order chi connectivity index (χ1) is 8.35. The Morgan fingerprint density at radius 1 is 1.22 bits per heavy atom. The molecule has 0 saturated heterocycles. The summed E-state index contributed by atoms with van der Waals surface area (Å²) in [5, 5.41) is 9.00. The number of benzene rings is 1. The molecule has 0 aliphatic carbocycles. The van der Waals surface area contributed by atoms with Crippen LogP contribution in [0.5, 0.6) is 11.5 Å². The number of aliphatic hydroxyl groups excluding tert-OH is 1. The second-order valence-corrected chi connectivity index (χ2v) is 3.58. The molecule has 0 fully saturated rings. The van der Waals surface area contributed by atoms with E-state index >= 15 is 0 Å². The van der Waals surface area contributed by atoms with E-state index in [4.69, 9.17) is 20.3 Å². The highest BCUT2D eigenvalue weighted by Gasteiger charge is 2.33. The highest BCUT2D eigenvalue weighted by atomic mass is 19.4. The molecule has 0 bridgehead atoms. The van der Waals surface area contributed by atoms with E-state index in [0.29, 0.717) is 0 Å². The maximum atomic E-state index is 12.6. The SMILES string of the molecule is COc1cc(C(F)(F)F)cc(OC)c1C(N)CO. The smallest absolute Gasteiger partial charge is 0.416 e. The van der Waals surface area contributed by atoms with E-state index in [0.717, 1.165) is 12.1 Å². The summed E-state index contributed by atoms with van der Waals surface area (Å²) in [6.07, 6.45) is -4.51. The van der Waals surface area contributed by atoms with Crippen molar-refractivity contribution in [3.05, 3.63) is 23.3 Å². The molecule has 0 amide bonds. The molecule has 0 aromatic heterocycles. The molecule has 0 saturated carbocycles. The molecule has 1 rings (SSSR count). The van der Waals surface area contributed by atoms with Gasteiger partial charge in [-0.2, -0.15) is 13.2 Å². The van der Waals surface area contributed by atoms with E-state index in [-0.39, 0.29) is 17.1 Å². The van der Waals surface area contributed by atoms with Gasteiger partial charge in [0, 0.05) is 0 Å². The minimum Gasteiger partial charge on any atom is -0.496 e. The molecule has 18 heavy (non-hydrogen) atoms. The molecule has 1 atom stereocenters. The fourth-order valence-electron chi connectivity index (χ4n) is 1.56. The van der Waals surface area contributed by atoms with Crippen molar-refractivity contribution in [1.29, 1.82) is 0 Å². The third-order valence-corrected chi connectivity index (χ3v) is 2.44. The van der Waals surface area contributed by atoms with Gasteiger partial charge in [-0.1, -0.05) is 0 Å². The molecule has 0 aliphatic heterocycles. The zero-order valence-electron chi connectivity index (χ0n) is 9.91. The van der Waals surface area contributed by atoms with Gasteiger partial charge in [0.2, 0.25) is 0 Å². The van der Waals surface area contributed by atoms with Gasteiger partial charge in [0.25, 0.3) is 0 Å². The third kappa shape index (κ3) is 2.85. The van der Waals surface area contributed by atoms with Crippen molar-refractivity contribution in [2.24, 2.45) is 5.73 Å². The van der Waals surface area contributed by atoms with Gasteiger partial charge in [0.05, 0.1) is 38.0 Å². The van der Waals surface area contributed by atoms with Crippen LogP contribution in [0, 0.1) is 0 Å². The maximum Gasteiger partial charge on any atom is 0.416 e. The summed E-state index contributed by atoms with van der Waals surface area (Å²) in [6, 6.07) is 0.776. The molecule has 0 heterocycles. The quantitative estimate of drug-likeness (QED) is 0.870. The summed E-state index contributed by atoms with van der Waals surface area (Å²) in [7, 11) is 2.45. The van der Waals surface area contributed by atoms with Crippen molar-refractivity contribution in [2.75, 3.05) is 20.8 Å². The van der Waals surface area contributed by atoms with Gasteiger partial charge in [-0.3, -0.25) is 0 Å². The van der Waals surface area contributed by atoms with Crippen molar-refractivity contribution >= 4 is 0 Å². The number of methoxy groups -OCH3 is 2. The lowest BCUT2D eigenvalue weighted by Crippen LogP contribution is -2.18. The summed E-state index contributed by atoms with van der Waals surface area (Å²) in [5.74, 6) is -0.133. The molecular weight excluding hydrogens is 251 g/mol. The van der Waals surface area contributed by atoms with Crippen molar-refractivity contribution in [2.45, 2.75) is 12.2 Å². The van der Waals surface area contributed by atoms with Crippen molar-refractivity contribution in [3.63, 3.8) is 0 Å². The molecule has 102 valence electrons. The van der Waals surface area contributed by atoms with Gasteiger partial charge in [-0.25, -0.2) is 0 Å². The van der Waals surface area contributed by atoms with Gasteiger partial charge in [-0.15, -0.1) is 0 Å². The highest BCUT2D eigenvalue weighted by Crippen LogP contribution is 2.40. The Bertz CT molecular complexity index is 395. The van der Waals surface area contributed by atoms with Crippen LogP contribution in [0.25, 0.3) is 0 Å². The number of rotatable bonds is 4. The molecule has 0 aliphatic rings. The summed E-state index contributed by atoms with van der Waals surface area (Å²) in [6.45, 7) is -0.432. The molecule has 4 nitrogen and oxygen atoms in total. The van der Waals surface area contributed by atoms with E-state index in [9.17, 15) is 13.2 Å². The number of hydrogen-bond donors (Lipinski definition) is 2. The van der Waals surface area contributed by atoms with Crippen molar-refractivity contribution in [3.8, 4) is 11.5 Å². The lowest BCUT2D eigenvalue weighted by molar-refractivity contribution is -0.137. The normalized spacial score (nSPS) is 13.3. The van der Waals surface area contributed by atoms with Crippen LogP contribution in [0.1, 0.15) is 17.2 Å². The van der Waals surface area contributed by atoms with Gasteiger partial charge in [0.15, 0.2) is 0 Å². The van der Waals surface area contributed by atoms with Crippen molar-refractivity contribution < 1.29 is 27.8 Å². The number of alkyl halides is 3. The number of nitrogens with two attached hydrogens (primary N) is 1. The van der Waals surface area contributed by atoms with Crippen LogP contribution >= 0.6 is 0 Å². The van der Waals surface area contributed by atoms with Gasteiger partial charge in [-0.05, 0) is 12.1 Å². The lowest BCUT2D eigenvalue weighted by Gasteiger charge is -2.19. The van der Waals surface area contributed by atoms with Gasteiger partial charge < -0.3 is 20.3 Å². The summed E-state index contributed by atoms with van der Waals surface area (Å²) in [4.78, 5) is 0. The van der Waals surface area contributed by atoms with Crippen LogP contribution in [0.2, 0.25) is 0 Å². The van der Waals surface area contributed by atoms with Crippen LogP contribution in [0.4, 0.5) is 13.2 Å². The van der Waals surface area contributed by atoms with Crippen LogP contribution in [-0.4, -0.2) is 25.9 Å². The number of halogens is 3. The van der Waals surface area contributed by atoms with Crippen LogP contribution in [-0.2, 0) is 6.18 Å². The Morgan fingerprint density at radius 3 is 1.94 bits per heavy atom. The number of hydrogen-bond acceptors (Lipinski definition) is 4. The highest BCUT2D eigenvalue weighted by molar-refractivity contribution is 5.50. The molecule has 3 N–H and O–H groups in total. The number of aliphatic hydroxyl groups is 1. The Balaban J connectivity index is 3.44. The zero-order chi connectivity index (χ0) is 13.9. The second-order valence-electron chi connectivity index (χ2n) is 3.58. The number of ether oxygens (including phenoxy) is 2. The summed E-state index contributed by atoms with van der Waals surface area (Å²) >= 11 is 0. The lowest BCUT2D eigenvalue weighted by atomic mass is 10.0. The molecular formula is C11H14F3NO3. The summed E-state index contributed by atoms with van der Waals surface area (Å²) < 4.78 is 47.7. The molecule has 1 aromatic rings. The van der Waals surface area contributed by atoms with E-state index < -0.39 is 24.4 Å². The topological polar surface area (TPSA) is 64.7 Å². The maximum absolute atomic E-state index is 12.6. The first-order valence-corrected chi connectivity index (χ1v) is 5.04. The molecule has 1 aromatic carbocycles. The predicted octanol–water partition coefficient (Wildman–Crippen LogP) is 1.71. The Morgan fingerprint density at radius 2 is 1.67 bits per heavy atom. The Labute approximate surface area is 102 Å². The van der Waals surface area contributed by atoms with E-state index in [1.165, 1.54) is 14.2 Å². The average molecular weight is 265 g/mol. The zero-order valence-corrected chi connectivity index (χ0v) is 9.91. The first kappa shape index (κ1) is 14.6. The predicted molar refractivity (Wildman–Crippen MR) is 58.6 cm³/mol. The average Bonchev–Trinajstić information content (AvgIpc) is 2.34. The monoisotopic (exact) mass is 265 g/mol. The molecule has 1 unspecified atom stereocenters. The summed E-state index contributed by atoms with van der Waals surface area (Å²) in [5.41, 5.74) is 4.92. The molecule has 0 radical (unpaired) electrons.